The summed E-state index contributed by atoms with van der Waals surface area (Å²) in [5, 5.41) is 11.6. The lowest BCUT2D eigenvalue weighted by molar-refractivity contribution is 0.137. The van der Waals surface area contributed by atoms with Gasteiger partial charge in [-0.25, -0.2) is 15.0 Å². The van der Waals surface area contributed by atoms with Crippen LogP contribution in [0.3, 0.4) is 0 Å². The predicted octanol–water partition coefficient (Wildman–Crippen LogP) is 1.89. The van der Waals surface area contributed by atoms with Crippen molar-refractivity contribution in [3.8, 4) is 0 Å². The van der Waals surface area contributed by atoms with E-state index in [2.05, 4.69) is 39.3 Å². The van der Waals surface area contributed by atoms with E-state index in [1.165, 1.54) is 6.33 Å². The summed E-state index contributed by atoms with van der Waals surface area (Å²) in [6.07, 6.45) is 3.21. The highest BCUT2D eigenvalue weighted by atomic mass is 16.5. The molecule has 2 atom stereocenters. The molecule has 0 aliphatic carbocycles. The summed E-state index contributed by atoms with van der Waals surface area (Å²) in [6, 6.07) is 2.54. The van der Waals surface area contributed by atoms with Gasteiger partial charge in [0.1, 0.15) is 23.2 Å². The summed E-state index contributed by atoms with van der Waals surface area (Å²) in [4.78, 5) is 20.3. The van der Waals surface area contributed by atoms with Crippen molar-refractivity contribution in [2.24, 2.45) is 0 Å². The molecule has 0 aromatic carbocycles. The van der Waals surface area contributed by atoms with Gasteiger partial charge in [0, 0.05) is 38.0 Å². The van der Waals surface area contributed by atoms with Crippen LogP contribution < -0.4 is 15.5 Å². The van der Waals surface area contributed by atoms with Crippen molar-refractivity contribution in [1.29, 1.82) is 0 Å². The smallest absolute Gasteiger partial charge is 0.228 e. The van der Waals surface area contributed by atoms with Crippen LogP contribution in [0, 0.1) is 6.92 Å². The first-order valence-corrected chi connectivity index (χ1v) is 10.4. The van der Waals surface area contributed by atoms with Gasteiger partial charge in [0.15, 0.2) is 5.82 Å². The average molecular weight is 412 g/mol. The number of piperazine rings is 1. The number of aromatic nitrogens is 6. The second-order valence-electron chi connectivity index (χ2n) is 7.67. The summed E-state index contributed by atoms with van der Waals surface area (Å²) in [7, 11) is 0. The molecule has 3 aromatic rings. The average Bonchev–Trinajstić information content (AvgIpc) is 3.04. The minimum absolute atomic E-state index is 0.362. The Kier molecular flexibility index (Phi) is 6.05. The Hall–Kier alpha value is -2.85. The normalized spacial score (nSPS) is 19.4. The third-order valence-electron chi connectivity index (χ3n) is 5.06. The molecule has 0 saturated carbocycles. The van der Waals surface area contributed by atoms with E-state index in [-0.39, 0.29) is 0 Å². The van der Waals surface area contributed by atoms with Gasteiger partial charge in [0.25, 0.3) is 0 Å². The first-order chi connectivity index (χ1) is 14.5. The number of nitrogens with zero attached hydrogens (tertiary/aromatic N) is 7. The summed E-state index contributed by atoms with van der Waals surface area (Å²) in [5.74, 6) is 2.06. The van der Waals surface area contributed by atoms with Crippen LogP contribution in [0.25, 0.3) is 11.0 Å². The molecule has 1 aliphatic rings. The molecular formula is C20H29N9O. The van der Waals surface area contributed by atoms with E-state index in [0.29, 0.717) is 49.4 Å². The van der Waals surface area contributed by atoms with Crippen molar-refractivity contribution in [1.82, 2.24) is 35.0 Å². The van der Waals surface area contributed by atoms with Gasteiger partial charge in [0.05, 0.1) is 18.8 Å². The maximum absolute atomic E-state index is 5.54. The zero-order valence-electron chi connectivity index (χ0n) is 18.0. The van der Waals surface area contributed by atoms with Gasteiger partial charge in [-0.15, -0.1) is 0 Å². The number of nitrogens with one attached hydrogen (secondary N) is 2. The second-order valence-corrected chi connectivity index (χ2v) is 7.67. The number of ether oxygens (including phenoxy) is 1. The summed E-state index contributed by atoms with van der Waals surface area (Å²) in [5.41, 5.74) is 2.56. The van der Waals surface area contributed by atoms with Crippen molar-refractivity contribution in [3.05, 3.63) is 24.3 Å². The first-order valence-electron chi connectivity index (χ1n) is 10.4. The number of aryl methyl sites for hydroxylation is 1. The monoisotopic (exact) mass is 411 g/mol. The van der Waals surface area contributed by atoms with E-state index >= 15 is 0 Å². The second kappa shape index (κ2) is 8.88. The van der Waals surface area contributed by atoms with Crippen molar-refractivity contribution >= 4 is 28.6 Å². The first kappa shape index (κ1) is 20.4. The molecule has 4 rings (SSSR count). The van der Waals surface area contributed by atoms with Crippen LogP contribution in [0.4, 0.5) is 17.6 Å². The van der Waals surface area contributed by atoms with Gasteiger partial charge in [0.2, 0.25) is 5.95 Å². The molecule has 0 amide bonds. The van der Waals surface area contributed by atoms with E-state index in [9.17, 15) is 0 Å². The summed E-state index contributed by atoms with van der Waals surface area (Å²) < 4.78 is 7.45. The van der Waals surface area contributed by atoms with Crippen LogP contribution in [0.1, 0.15) is 26.5 Å². The van der Waals surface area contributed by atoms with Crippen LogP contribution >= 0.6 is 0 Å². The van der Waals surface area contributed by atoms with Crippen LogP contribution in [-0.2, 0) is 11.3 Å². The Morgan fingerprint density at radius 1 is 1.23 bits per heavy atom. The van der Waals surface area contributed by atoms with Crippen molar-refractivity contribution < 1.29 is 4.74 Å². The van der Waals surface area contributed by atoms with Crippen molar-refractivity contribution in [3.63, 3.8) is 0 Å². The SMILES string of the molecule is CCOCCn1nc(C)c2nc(N3C[C@@H](C)N[C@@H](C)C3)nc(Nc3ccncn3)c21. The van der Waals surface area contributed by atoms with E-state index in [1.54, 1.807) is 6.20 Å². The van der Waals surface area contributed by atoms with E-state index in [4.69, 9.17) is 19.8 Å². The molecule has 0 spiro atoms. The maximum Gasteiger partial charge on any atom is 0.228 e. The molecule has 0 bridgehead atoms. The minimum Gasteiger partial charge on any atom is -0.380 e. The lowest BCUT2D eigenvalue weighted by Gasteiger charge is -2.36. The lowest BCUT2D eigenvalue weighted by Crippen LogP contribution is -2.54. The molecule has 10 heteroatoms. The third kappa shape index (κ3) is 4.34. The predicted molar refractivity (Wildman–Crippen MR) is 116 cm³/mol. The highest BCUT2D eigenvalue weighted by molar-refractivity contribution is 5.90. The fourth-order valence-electron chi connectivity index (χ4n) is 3.88. The van der Waals surface area contributed by atoms with Crippen LogP contribution in [0.2, 0.25) is 0 Å². The largest absolute Gasteiger partial charge is 0.380 e. The quantitative estimate of drug-likeness (QED) is 0.564. The number of fused-ring (bicyclic) bond motifs is 1. The van der Waals surface area contributed by atoms with Gasteiger partial charge >= 0.3 is 0 Å². The van der Waals surface area contributed by atoms with Gasteiger partial charge in [-0.2, -0.15) is 10.1 Å². The third-order valence-corrected chi connectivity index (χ3v) is 5.06. The fraction of sp³-hybridized carbons (Fsp3) is 0.550. The standard InChI is InChI=1S/C20H29N9O/c1-5-30-9-8-29-18-17(15(4)27-29)25-20(28-10-13(2)23-14(3)11-28)26-19(18)24-16-6-7-21-12-22-16/h6-7,12-14,23H,5,8-11H2,1-4H3,(H,21,22,24,25,26)/t13-,14+. The highest BCUT2D eigenvalue weighted by Crippen LogP contribution is 2.28. The number of anilines is 3. The highest BCUT2D eigenvalue weighted by Gasteiger charge is 2.25. The topological polar surface area (TPSA) is 106 Å². The Morgan fingerprint density at radius 2 is 2.03 bits per heavy atom. The zero-order valence-corrected chi connectivity index (χ0v) is 18.0. The molecule has 10 nitrogen and oxygen atoms in total. The van der Waals surface area contributed by atoms with Crippen LogP contribution in [-0.4, -0.2) is 68.1 Å². The summed E-state index contributed by atoms with van der Waals surface area (Å²) in [6.45, 7) is 11.9. The Labute approximate surface area is 176 Å². The van der Waals surface area contributed by atoms with Gasteiger partial charge < -0.3 is 20.3 Å². The van der Waals surface area contributed by atoms with E-state index in [1.807, 2.05) is 24.6 Å². The number of rotatable bonds is 7. The molecule has 0 unspecified atom stereocenters. The van der Waals surface area contributed by atoms with Crippen LogP contribution in [0.5, 0.6) is 0 Å². The van der Waals surface area contributed by atoms with Gasteiger partial charge in [-0.1, -0.05) is 0 Å². The Bertz CT molecular complexity index is 981. The maximum atomic E-state index is 5.54. The molecular weight excluding hydrogens is 382 g/mol. The van der Waals surface area contributed by atoms with Crippen molar-refractivity contribution in [2.45, 2.75) is 46.3 Å². The van der Waals surface area contributed by atoms with Crippen molar-refractivity contribution in [2.75, 3.05) is 36.5 Å². The molecule has 1 aliphatic heterocycles. The molecule has 1 saturated heterocycles. The fourth-order valence-corrected chi connectivity index (χ4v) is 3.88. The summed E-state index contributed by atoms with van der Waals surface area (Å²) >= 11 is 0. The van der Waals surface area contributed by atoms with E-state index < -0.39 is 0 Å². The van der Waals surface area contributed by atoms with Gasteiger partial charge in [-0.05, 0) is 33.8 Å². The molecule has 30 heavy (non-hydrogen) atoms. The number of hydrogen-bond acceptors (Lipinski definition) is 9. The van der Waals surface area contributed by atoms with E-state index in [0.717, 1.165) is 29.8 Å². The zero-order chi connectivity index (χ0) is 21.1. The molecule has 3 aromatic heterocycles. The molecule has 4 heterocycles. The lowest BCUT2D eigenvalue weighted by atomic mass is 10.1. The molecule has 1 fully saturated rings. The Morgan fingerprint density at radius 3 is 2.73 bits per heavy atom. The molecule has 0 radical (unpaired) electrons. The van der Waals surface area contributed by atoms with Gasteiger partial charge in [-0.3, -0.25) is 4.68 Å². The minimum atomic E-state index is 0.362. The number of hydrogen-bond donors (Lipinski definition) is 2. The Balaban J connectivity index is 1.78. The molecule has 160 valence electrons. The molecule has 2 N–H and O–H groups in total. The van der Waals surface area contributed by atoms with Crippen LogP contribution in [0.15, 0.2) is 18.6 Å².